The molecule has 0 heterocycles. The molecule has 0 aliphatic rings. The minimum absolute atomic E-state index is 0. The van der Waals surface area contributed by atoms with Gasteiger partial charge in [-0.1, -0.05) is 6.07 Å². The number of hydrogen-bond acceptors (Lipinski definition) is 0. The Labute approximate surface area is 132 Å². The van der Waals surface area contributed by atoms with E-state index in [1.807, 2.05) is 6.07 Å². The third-order valence-electron chi connectivity index (χ3n) is 1.96. The standard InChI is InChI=1S/C11H14.2Y/c1-9(2)10(3)11-7-5-4-6-8-11;;/h4-8H,1-3H3;;/q-2;;. The third kappa shape index (κ3) is 5.67. The molecule has 0 fully saturated rings. The summed E-state index contributed by atoms with van der Waals surface area (Å²) in [4.78, 5) is 0. The summed E-state index contributed by atoms with van der Waals surface area (Å²) >= 11 is 0. The first-order valence-corrected chi connectivity index (χ1v) is 3.91. The Balaban J connectivity index is 0. The Morgan fingerprint density at radius 3 is 1.69 bits per heavy atom. The van der Waals surface area contributed by atoms with E-state index in [9.17, 15) is 0 Å². The summed E-state index contributed by atoms with van der Waals surface area (Å²) in [6.45, 7) is 6.44. The van der Waals surface area contributed by atoms with Crippen LogP contribution in [0.15, 0.2) is 30.3 Å². The molecule has 0 unspecified atom stereocenters. The van der Waals surface area contributed by atoms with Crippen LogP contribution in [0.25, 0.3) is 0 Å². The average Bonchev–Trinajstić information content (AvgIpc) is 2.05. The first kappa shape index (κ1) is 16.7. The van der Waals surface area contributed by atoms with Gasteiger partial charge in [0, 0.05) is 65.4 Å². The quantitative estimate of drug-likeness (QED) is 0.733. The molecule has 0 aliphatic heterocycles. The average molecular weight is 324 g/mol. The summed E-state index contributed by atoms with van der Waals surface area (Å²) < 4.78 is 0. The molecule has 13 heavy (non-hydrogen) atoms. The molecule has 0 saturated heterocycles. The van der Waals surface area contributed by atoms with Crippen LogP contribution in [0.4, 0.5) is 0 Å². The molecule has 0 amide bonds. The van der Waals surface area contributed by atoms with E-state index in [1.165, 1.54) is 17.4 Å². The van der Waals surface area contributed by atoms with E-state index < -0.39 is 0 Å². The predicted octanol–water partition coefficient (Wildman–Crippen LogP) is 3.24. The van der Waals surface area contributed by atoms with Gasteiger partial charge in [0.25, 0.3) is 0 Å². The van der Waals surface area contributed by atoms with Gasteiger partial charge in [-0.25, -0.2) is 5.56 Å². The van der Waals surface area contributed by atoms with Crippen molar-refractivity contribution in [2.24, 2.45) is 0 Å². The van der Waals surface area contributed by atoms with Crippen molar-refractivity contribution in [3.8, 4) is 0 Å². The zero-order valence-corrected chi connectivity index (χ0v) is 14.2. The smallest absolute Gasteiger partial charge is 0 e. The minimum atomic E-state index is 0. The Hall–Kier alpha value is 1.30. The molecular weight excluding hydrogens is 310 g/mol. The minimum Gasteiger partial charge on any atom is -0.356 e. The Bertz CT molecular complexity index is 207. The molecule has 0 atom stereocenters. The molecule has 1 aromatic rings. The largest absolute Gasteiger partial charge is 0.356 e. The maximum absolute atomic E-state index is 2.16. The molecule has 1 aromatic carbocycles. The van der Waals surface area contributed by atoms with Gasteiger partial charge in [0.2, 0.25) is 0 Å². The van der Waals surface area contributed by atoms with Crippen molar-refractivity contribution in [3.63, 3.8) is 0 Å². The van der Waals surface area contributed by atoms with Gasteiger partial charge in [-0.15, -0.1) is 19.1 Å². The Morgan fingerprint density at radius 2 is 1.31 bits per heavy atom. The van der Waals surface area contributed by atoms with Gasteiger partial charge in [0.05, 0.1) is 0 Å². The fraction of sp³-hybridized carbons (Fsp3) is 0.273. The van der Waals surface area contributed by atoms with Crippen LogP contribution in [-0.2, 0) is 65.4 Å². The van der Waals surface area contributed by atoms with Crippen molar-refractivity contribution in [1.82, 2.24) is 0 Å². The molecule has 0 bridgehead atoms. The van der Waals surface area contributed by atoms with E-state index in [0.717, 1.165) is 0 Å². The van der Waals surface area contributed by atoms with E-state index in [2.05, 4.69) is 45.0 Å². The van der Waals surface area contributed by atoms with Gasteiger partial charge in [-0.05, 0) is 0 Å². The van der Waals surface area contributed by atoms with Gasteiger partial charge < -0.3 is 11.8 Å². The summed E-state index contributed by atoms with van der Waals surface area (Å²) in [5.41, 5.74) is 1.33. The summed E-state index contributed by atoms with van der Waals surface area (Å²) in [6, 6.07) is 10.5. The van der Waals surface area contributed by atoms with Crippen LogP contribution in [-0.4, -0.2) is 0 Å². The third-order valence-corrected chi connectivity index (χ3v) is 1.96. The van der Waals surface area contributed by atoms with E-state index in [1.54, 1.807) is 0 Å². The molecule has 0 N–H and O–H groups in total. The van der Waals surface area contributed by atoms with Crippen molar-refractivity contribution in [2.75, 3.05) is 0 Å². The van der Waals surface area contributed by atoms with E-state index in [0.29, 0.717) is 0 Å². The van der Waals surface area contributed by atoms with Crippen molar-refractivity contribution < 1.29 is 65.4 Å². The van der Waals surface area contributed by atoms with Gasteiger partial charge in [-0.3, -0.25) is 0 Å². The van der Waals surface area contributed by atoms with E-state index in [-0.39, 0.29) is 65.4 Å². The second-order valence-electron chi connectivity index (χ2n) is 2.99. The second-order valence-corrected chi connectivity index (χ2v) is 2.99. The van der Waals surface area contributed by atoms with Crippen LogP contribution in [0.5, 0.6) is 0 Å². The molecule has 0 aliphatic carbocycles. The van der Waals surface area contributed by atoms with Crippen molar-refractivity contribution in [3.05, 3.63) is 47.7 Å². The SMILES string of the molecule is C[C-](C)[C-](C)c1ccccc1.[Y].[Y]. The molecule has 0 aromatic heterocycles. The monoisotopic (exact) mass is 324 g/mol. The van der Waals surface area contributed by atoms with Gasteiger partial charge in [0.1, 0.15) is 0 Å². The molecule has 0 nitrogen and oxygen atoms in total. The van der Waals surface area contributed by atoms with Crippen LogP contribution in [0.1, 0.15) is 26.3 Å². The van der Waals surface area contributed by atoms with Crippen molar-refractivity contribution in [1.29, 1.82) is 0 Å². The summed E-state index contributed by atoms with van der Waals surface area (Å²) in [6.07, 6.45) is 0. The number of benzene rings is 1. The number of rotatable bonds is 2. The molecule has 1 rings (SSSR count). The molecule has 0 spiro atoms. The maximum Gasteiger partial charge on any atom is 0 e. The molecule has 66 valence electrons. The first-order valence-electron chi connectivity index (χ1n) is 3.91. The van der Waals surface area contributed by atoms with E-state index >= 15 is 0 Å². The molecule has 2 radical (unpaired) electrons. The van der Waals surface area contributed by atoms with Crippen LogP contribution >= 0.6 is 0 Å². The van der Waals surface area contributed by atoms with Gasteiger partial charge in [-0.2, -0.15) is 26.0 Å². The number of hydrogen-bond donors (Lipinski definition) is 0. The normalized spacial score (nSPS) is 8.62. The van der Waals surface area contributed by atoms with Crippen LogP contribution in [0.2, 0.25) is 0 Å². The first-order chi connectivity index (χ1) is 5.22. The second kappa shape index (κ2) is 8.59. The molecule has 2 heteroatoms. The molecule has 0 saturated carbocycles. The zero-order chi connectivity index (χ0) is 8.27. The summed E-state index contributed by atoms with van der Waals surface area (Å²) in [5.74, 6) is 2.77. The zero-order valence-electron chi connectivity index (χ0n) is 8.54. The fourth-order valence-electron chi connectivity index (χ4n) is 0.977. The van der Waals surface area contributed by atoms with E-state index in [4.69, 9.17) is 0 Å². The maximum atomic E-state index is 2.16. The van der Waals surface area contributed by atoms with Crippen molar-refractivity contribution in [2.45, 2.75) is 20.8 Å². The summed E-state index contributed by atoms with van der Waals surface area (Å²) in [7, 11) is 0. The Morgan fingerprint density at radius 1 is 0.846 bits per heavy atom. The Kier molecular flexibility index (Phi) is 11.1. The fourth-order valence-corrected chi connectivity index (χ4v) is 0.977. The molecular formula is C11H14Y2-2. The van der Waals surface area contributed by atoms with Crippen molar-refractivity contribution >= 4 is 0 Å². The van der Waals surface area contributed by atoms with Gasteiger partial charge >= 0.3 is 0 Å². The summed E-state index contributed by atoms with van der Waals surface area (Å²) in [5, 5.41) is 0. The topological polar surface area (TPSA) is 0 Å². The van der Waals surface area contributed by atoms with Crippen LogP contribution in [0, 0.1) is 11.8 Å². The predicted molar refractivity (Wildman–Crippen MR) is 49.1 cm³/mol. The van der Waals surface area contributed by atoms with Crippen LogP contribution < -0.4 is 0 Å². The van der Waals surface area contributed by atoms with Gasteiger partial charge in [0.15, 0.2) is 0 Å². The van der Waals surface area contributed by atoms with Crippen LogP contribution in [0.3, 0.4) is 0 Å².